The molecule has 3 atom stereocenters. The Morgan fingerprint density at radius 1 is 1.30 bits per heavy atom. The van der Waals surface area contributed by atoms with E-state index < -0.39 is 11.0 Å². The average Bonchev–Trinajstić information content (AvgIpc) is 2.64. The van der Waals surface area contributed by atoms with Gasteiger partial charge in [-0.3, -0.25) is 0 Å². The van der Waals surface area contributed by atoms with Crippen molar-refractivity contribution in [3.8, 4) is 0 Å². The van der Waals surface area contributed by atoms with Gasteiger partial charge in [0.25, 0.3) is 0 Å². The molecule has 1 heterocycles. The summed E-state index contributed by atoms with van der Waals surface area (Å²) in [6.45, 7) is 14.3. The van der Waals surface area contributed by atoms with Crippen molar-refractivity contribution in [2.75, 3.05) is 0 Å². The lowest BCUT2D eigenvalue weighted by molar-refractivity contribution is 0.575. The minimum atomic E-state index is -1.10. The maximum Gasteiger partial charge on any atom is 0.0975 e. The third kappa shape index (κ3) is 5.94. The van der Waals surface area contributed by atoms with E-state index in [0.29, 0.717) is 5.92 Å². The molecule has 1 N–H and O–H groups in total. The Labute approximate surface area is 172 Å². The minimum absolute atomic E-state index is 0.0643. The molecule has 0 aliphatic carbocycles. The van der Waals surface area contributed by atoms with Crippen LogP contribution in [-0.4, -0.2) is 8.96 Å². The van der Waals surface area contributed by atoms with Crippen molar-refractivity contribution in [2.45, 2.75) is 64.7 Å². The fraction of sp³-hybridized carbons (Fsp3) is 0.478. The van der Waals surface area contributed by atoms with E-state index >= 15 is 0 Å². The third-order valence-corrected chi connectivity index (χ3v) is 7.59. The van der Waals surface area contributed by atoms with Crippen LogP contribution in [0.2, 0.25) is 0 Å². The van der Waals surface area contributed by atoms with Crippen molar-refractivity contribution < 1.29 is 4.21 Å². The minimum Gasteiger partial charge on any atom is -0.242 e. The predicted octanol–water partition coefficient (Wildman–Crippen LogP) is 6.76. The second-order valence-corrected chi connectivity index (χ2v) is 10.9. The highest BCUT2D eigenvalue weighted by Gasteiger charge is 2.23. The van der Waals surface area contributed by atoms with Crippen molar-refractivity contribution in [3.63, 3.8) is 0 Å². The van der Waals surface area contributed by atoms with E-state index in [9.17, 15) is 4.21 Å². The molecule has 1 aliphatic heterocycles. The van der Waals surface area contributed by atoms with Crippen LogP contribution in [-0.2, 0) is 11.0 Å². The Bertz CT molecular complexity index is 726. The SMILES string of the molecule is C=CCC[C@H](N[S@](=O)C(C)(C)C)c1ccc(C2=C(C)C(CC)C=CS2)cc1. The van der Waals surface area contributed by atoms with Crippen LogP contribution in [0.5, 0.6) is 0 Å². The van der Waals surface area contributed by atoms with Gasteiger partial charge in [0.1, 0.15) is 0 Å². The monoisotopic (exact) mass is 403 g/mol. The summed E-state index contributed by atoms with van der Waals surface area (Å²) in [6.07, 6.45) is 7.14. The molecule has 1 unspecified atom stereocenters. The summed E-state index contributed by atoms with van der Waals surface area (Å²) in [5, 5.41) is 2.21. The Balaban J connectivity index is 2.24. The van der Waals surface area contributed by atoms with E-state index in [4.69, 9.17) is 0 Å². The Hall–Kier alpha value is -1.10. The fourth-order valence-electron chi connectivity index (χ4n) is 3.10. The molecule has 1 aliphatic rings. The van der Waals surface area contributed by atoms with E-state index in [1.165, 1.54) is 21.6 Å². The van der Waals surface area contributed by atoms with E-state index in [1.54, 1.807) is 0 Å². The largest absolute Gasteiger partial charge is 0.242 e. The van der Waals surface area contributed by atoms with Crippen molar-refractivity contribution >= 4 is 27.7 Å². The summed E-state index contributed by atoms with van der Waals surface area (Å²) < 4.78 is 15.6. The van der Waals surface area contributed by atoms with Crippen LogP contribution in [0.25, 0.3) is 4.91 Å². The zero-order valence-corrected chi connectivity index (χ0v) is 18.9. The average molecular weight is 404 g/mol. The zero-order valence-electron chi connectivity index (χ0n) is 17.2. The summed E-state index contributed by atoms with van der Waals surface area (Å²) in [5.74, 6) is 0.539. The quantitative estimate of drug-likeness (QED) is 0.486. The van der Waals surface area contributed by atoms with E-state index in [-0.39, 0.29) is 10.8 Å². The Kier molecular flexibility index (Phi) is 8.14. The van der Waals surface area contributed by atoms with E-state index in [0.717, 1.165) is 19.3 Å². The van der Waals surface area contributed by atoms with Gasteiger partial charge in [0.05, 0.1) is 15.7 Å². The number of nitrogens with one attached hydrogen (secondary N) is 1. The van der Waals surface area contributed by atoms with Crippen LogP contribution < -0.4 is 4.72 Å². The van der Waals surface area contributed by atoms with Gasteiger partial charge in [-0.05, 0) is 69.4 Å². The Morgan fingerprint density at radius 3 is 2.52 bits per heavy atom. The molecule has 27 heavy (non-hydrogen) atoms. The van der Waals surface area contributed by atoms with Gasteiger partial charge in [-0.1, -0.05) is 60.7 Å². The molecule has 0 saturated heterocycles. The number of thioether (sulfide) groups is 1. The molecule has 4 heteroatoms. The molecule has 0 spiro atoms. The smallest absolute Gasteiger partial charge is 0.0975 e. The van der Waals surface area contributed by atoms with Crippen LogP contribution in [0.4, 0.5) is 0 Å². The van der Waals surface area contributed by atoms with Crippen LogP contribution in [0.1, 0.15) is 71.0 Å². The topological polar surface area (TPSA) is 29.1 Å². The molecule has 2 rings (SSSR count). The first-order valence-electron chi connectivity index (χ1n) is 9.71. The molecule has 148 valence electrons. The maximum atomic E-state index is 12.6. The molecule has 1 aromatic rings. The number of rotatable bonds is 8. The molecule has 0 saturated carbocycles. The summed E-state index contributed by atoms with van der Waals surface area (Å²) in [7, 11) is -1.10. The first-order chi connectivity index (χ1) is 12.8. The van der Waals surface area contributed by atoms with Gasteiger partial charge in [-0.25, -0.2) is 8.93 Å². The van der Waals surface area contributed by atoms with Gasteiger partial charge in [0.2, 0.25) is 0 Å². The van der Waals surface area contributed by atoms with E-state index in [1.807, 2.05) is 38.6 Å². The van der Waals surface area contributed by atoms with Crippen LogP contribution >= 0.6 is 11.8 Å². The third-order valence-electron chi connectivity index (χ3n) is 4.89. The summed E-state index contributed by atoms with van der Waals surface area (Å²) in [5.41, 5.74) is 3.90. The molecule has 0 amide bonds. The van der Waals surface area contributed by atoms with Gasteiger partial charge in [0.15, 0.2) is 0 Å². The standard InChI is InChI=1S/C23H33NOS2/c1-7-9-10-21(24-27(25)23(4,5)6)19-11-13-20(14-12-19)22-17(3)18(8-2)15-16-26-22/h7,11-16,18,21,24H,1,8-10H2,2-6H3/t18?,21-,27+/m0/s1. The van der Waals surface area contributed by atoms with Gasteiger partial charge in [-0.15, -0.1) is 6.58 Å². The number of hydrogen-bond acceptors (Lipinski definition) is 2. The summed E-state index contributed by atoms with van der Waals surface area (Å²) in [6, 6.07) is 8.83. The van der Waals surface area contributed by atoms with Crippen molar-refractivity contribution in [1.29, 1.82) is 0 Å². The highest BCUT2D eigenvalue weighted by atomic mass is 32.2. The highest BCUT2D eigenvalue weighted by Crippen LogP contribution is 2.40. The van der Waals surface area contributed by atoms with Crippen LogP contribution in [0, 0.1) is 5.92 Å². The molecule has 1 aromatic carbocycles. The maximum absolute atomic E-state index is 12.6. The zero-order chi connectivity index (χ0) is 20.0. The second-order valence-electron chi connectivity index (χ2n) is 8.01. The molecule has 0 fully saturated rings. The molecule has 0 bridgehead atoms. The van der Waals surface area contributed by atoms with Gasteiger partial charge in [-0.2, -0.15) is 0 Å². The number of benzene rings is 1. The van der Waals surface area contributed by atoms with Crippen LogP contribution in [0.3, 0.4) is 0 Å². The van der Waals surface area contributed by atoms with Crippen LogP contribution in [0.15, 0.2) is 54.0 Å². The lowest BCUT2D eigenvalue weighted by Crippen LogP contribution is -2.35. The molecule has 0 radical (unpaired) electrons. The van der Waals surface area contributed by atoms with Gasteiger partial charge >= 0.3 is 0 Å². The van der Waals surface area contributed by atoms with Gasteiger partial charge < -0.3 is 0 Å². The second kappa shape index (κ2) is 9.90. The number of allylic oxidation sites excluding steroid dienone is 3. The summed E-state index contributed by atoms with van der Waals surface area (Å²) >= 11 is 1.81. The highest BCUT2D eigenvalue weighted by molar-refractivity contribution is 8.11. The molecular weight excluding hydrogens is 370 g/mol. The van der Waals surface area contributed by atoms with Crippen molar-refractivity contribution in [1.82, 2.24) is 4.72 Å². The molecular formula is C23H33NOS2. The number of hydrogen-bond donors (Lipinski definition) is 1. The lowest BCUT2D eigenvalue weighted by atomic mass is 9.94. The first kappa shape index (κ1) is 22.2. The fourth-order valence-corrected chi connectivity index (χ4v) is 4.98. The normalized spacial score (nSPS) is 19.8. The van der Waals surface area contributed by atoms with Crippen molar-refractivity contribution in [3.05, 3.63) is 65.1 Å². The summed E-state index contributed by atoms with van der Waals surface area (Å²) in [4.78, 5) is 1.37. The molecule has 2 nitrogen and oxygen atoms in total. The lowest BCUT2D eigenvalue weighted by Gasteiger charge is -2.25. The van der Waals surface area contributed by atoms with E-state index in [2.05, 4.69) is 60.9 Å². The Morgan fingerprint density at radius 2 is 1.96 bits per heavy atom. The predicted molar refractivity (Wildman–Crippen MR) is 123 cm³/mol. The van der Waals surface area contributed by atoms with Gasteiger partial charge in [0, 0.05) is 10.9 Å². The first-order valence-corrected chi connectivity index (χ1v) is 11.7. The van der Waals surface area contributed by atoms with Crippen molar-refractivity contribution in [2.24, 2.45) is 5.92 Å². The molecule has 0 aromatic heterocycles.